The second-order valence-electron chi connectivity index (χ2n) is 5.26. The molecule has 1 aromatic rings. The fraction of sp³-hybridized carbons (Fsp3) is 0.400. The van der Waals surface area contributed by atoms with E-state index in [0.29, 0.717) is 11.3 Å². The quantitative estimate of drug-likeness (QED) is 0.555. The fourth-order valence-electron chi connectivity index (χ4n) is 2.45. The van der Waals surface area contributed by atoms with Crippen molar-refractivity contribution >= 4 is 23.5 Å². The summed E-state index contributed by atoms with van der Waals surface area (Å²) in [7, 11) is 0. The lowest BCUT2D eigenvalue weighted by molar-refractivity contribution is 0.0761. The van der Waals surface area contributed by atoms with Crippen LogP contribution in [0.25, 0.3) is 0 Å². The molecular formula is C15H22N6O. The van der Waals surface area contributed by atoms with E-state index < -0.39 is 0 Å². The molecule has 0 spiro atoms. The number of hydrogen-bond acceptors (Lipinski definition) is 2. The van der Waals surface area contributed by atoms with Gasteiger partial charge in [-0.15, -0.1) is 0 Å². The number of guanidine groups is 2. The molecule has 6 N–H and O–H groups in total. The number of aliphatic imine (C=N–C) groups is 2. The van der Waals surface area contributed by atoms with Gasteiger partial charge in [-0.25, -0.2) is 4.99 Å². The number of benzene rings is 1. The molecular weight excluding hydrogens is 280 g/mol. The lowest BCUT2D eigenvalue weighted by atomic mass is 10.1. The number of amides is 1. The van der Waals surface area contributed by atoms with E-state index in [4.69, 9.17) is 17.2 Å². The Hall–Kier alpha value is -2.57. The summed E-state index contributed by atoms with van der Waals surface area (Å²) in [5.41, 5.74) is 17.2. The fourth-order valence-corrected chi connectivity index (χ4v) is 2.45. The third-order valence-corrected chi connectivity index (χ3v) is 3.47. The summed E-state index contributed by atoms with van der Waals surface area (Å²) in [5, 5.41) is 0. The summed E-state index contributed by atoms with van der Waals surface area (Å²) in [5.74, 6) is -0.170. The summed E-state index contributed by atoms with van der Waals surface area (Å²) in [4.78, 5) is 22.2. The van der Waals surface area contributed by atoms with Gasteiger partial charge in [0.2, 0.25) is 5.96 Å². The van der Waals surface area contributed by atoms with Crippen LogP contribution in [0.15, 0.2) is 34.3 Å². The van der Waals surface area contributed by atoms with Gasteiger partial charge in [-0.05, 0) is 31.0 Å². The van der Waals surface area contributed by atoms with Gasteiger partial charge in [0.05, 0.1) is 5.69 Å². The standard InChI is InChI=1S/C15H22N6O/c16-14(17)20-15(18)19-12-7-5-6-11(10-12)13(22)21-8-3-1-2-4-9-21/h5-7,10H,1-4,8-9H2,(H6,16,17,18,19,20). The predicted octanol–water partition coefficient (Wildman–Crippen LogP) is 0.922. The number of likely N-dealkylation sites (tertiary alicyclic amines) is 1. The molecule has 0 bridgehead atoms. The maximum atomic E-state index is 12.5. The number of nitrogens with zero attached hydrogens (tertiary/aromatic N) is 3. The van der Waals surface area contributed by atoms with E-state index in [2.05, 4.69) is 9.98 Å². The number of hydrogen-bond donors (Lipinski definition) is 3. The highest BCUT2D eigenvalue weighted by Gasteiger charge is 2.17. The van der Waals surface area contributed by atoms with Gasteiger partial charge in [-0.3, -0.25) is 4.79 Å². The maximum Gasteiger partial charge on any atom is 0.253 e. The van der Waals surface area contributed by atoms with Crippen molar-refractivity contribution in [2.24, 2.45) is 27.2 Å². The average molecular weight is 302 g/mol. The third kappa shape index (κ3) is 4.47. The topological polar surface area (TPSA) is 123 Å². The van der Waals surface area contributed by atoms with Gasteiger partial charge in [0.25, 0.3) is 5.91 Å². The normalized spacial score (nSPS) is 16.0. The minimum absolute atomic E-state index is 0.0272. The number of carbonyl (C=O) groups excluding carboxylic acids is 1. The van der Waals surface area contributed by atoms with E-state index in [1.165, 1.54) is 12.8 Å². The van der Waals surface area contributed by atoms with Crippen LogP contribution >= 0.6 is 0 Å². The van der Waals surface area contributed by atoms with Crippen LogP contribution in [0.4, 0.5) is 5.69 Å². The molecule has 2 rings (SSSR count). The van der Waals surface area contributed by atoms with Crippen molar-refractivity contribution in [1.82, 2.24) is 4.90 Å². The molecule has 0 saturated carbocycles. The SMILES string of the molecule is NC(N)=NC(N)=Nc1cccc(C(=O)N2CCCCCC2)c1. The van der Waals surface area contributed by atoms with Crippen LogP contribution in [0, 0.1) is 0 Å². The van der Waals surface area contributed by atoms with Crippen LogP contribution in [0.2, 0.25) is 0 Å². The van der Waals surface area contributed by atoms with Crippen molar-refractivity contribution in [3.8, 4) is 0 Å². The second-order valence-corrected chi connectivity index (χ2v) is 5.26. The summed E-state index contributed by atoms with van der Waals surface area (Å²) in [6, 6.07) is 6.99. The van der Waals surface area contributed by atoms with Gasteiger partial charge in [0.1, 0.15) is 0 Å². The van der Waals surface area contributed by atoms with Crippen molar-refractivity contribution < 1.29 is 4.79 Å². The van der Waals surface area contributed by atoms with E-state index in [1.807, 2.05) is 4.90 Å². The Morgan fingerprint density at radius 2 is 1.73 bits per heavy atom. The zero-order chi connectivity index (χ0) is 15.9. The molecule has 1 amide bonds. The van der Waals surface area contributed by atoms with Crippen LogP contribution in [0.3, 0.4) is 0 Å². The molecule has 1 heterocycles. The monoisotopic (exact) mass is 302 g/mol. The first-order valence-corrected chi connectivity index (χ1v) is 7.39. The lowest BCUT2D eigenvalue weighted by Gasteiger charge is -2.20. The summed E-state index contributed by atoms with van der Waals surface area (Å²) < 4.78 is 0. The van der Waals surface area contributed by atoms with Crippen LogP contribution in [-0.4, -0.2) is 35.8 Å². The molecule has 0 radical (unpaired) electrons. The van der Waals surface area contributed by atoms with Crippen molar-refractivity contribution in [3.05, 3.63) is 29.8 Å². The molecule has 118 valence electrons. The van der Waals surface area contributed by atoms with Crippen molar-refractivity contribution in [2.75, 3.05) is 13.1 Å². The van der Waals surface area contributed by atoms with E-state index in [-0.39, 0.29) is 17.8 Å². The molecule has 22 heavy (non-hydrogen) atoms. The van der Waals surface area contributed by atoms with Crippen molar-refractivity contribution in [1.29, 1.82) is 0 Å². The van der Waals surface area contributed by atoms with Crippen LogP contribution < -0.4 is 17.2 Å². The van der Waals surface area contributed by atoms with Gasteiger partial charge >= 0.3 is 0 Å². The molecule has 1 aliphatic heterocycles. The first kappa shape index (κ1) is 15.8. The maximum absolute atomic E-state index is 12.5. The van der Waals surface area contributed by atoms with Gasteiger partial charge in [0.15, 0.2) is 5.96 Å². The third-order valence-electron chi connectivity index (χ3n) is 3.47. The van der Waals surface area contributed by atoms with Crippen molar-refractivity contribution in [2.45, 2.75) is 25.7 Å². The smallest absolute Gasteiger partial charge is 0.253 e. The van der Waals surface area contributed by atoms with E-state index >= 15 is 0 Å². The summed E-state index contributed by atoms with van der Waals surface area (Å²) in [6.45, 7) is 1.62. The van der Waals surface area contributed by atoms with Crippen molar-refractivity contribution in [3.63, 3.8) is 0 Å². The largest absolute Gasteiger partial charge is 0.370 e. The molecule has 0 aliphatic carbocycles. The highest BCUT2D eigenvalue weighted by molar-refractivity contribution is 5.96. The first-order chi connectivity index (χ1) is 10.6. The predicted molar refractivity (Wildman–Crippen MR) is 87.9 cm³/mol. The highest BCUT2D eigenvalue weighted by atomic mass is 16.2. The average Bonchev–Trinajstić information content (AvgIpc) is 2.75. The second kappa shape index (κ2) is 7.44. The lowest BCUT2D eigenvalue weighted by Crippen LogP contribution is -2.31. The Bertz CT molecular complexity index is 583. The molecule has 1 aromatic carbocycles. The summed E-state index contributed by atoms with van der Waals surface area (Å²) >= 11 is 0. The Labute approximate surface area is 129 Å². The first-order valence-electron chi connectivity index (χ1n) is 7.39. The van der Waals surface area contributed by atoms with E-state index in [0.717, 1.165) is 25.9 Å². The Balaban J connectivity index is 2.17. The minimum atomic E-state index is -0.155. The molecule has 1 fully saturated rings. The number of carbonyl (C=O) groups is 1. The van der Waals surface area contributed by atoms with Gasteiger partial charge in [-0.2, -0.15) is 4.99 Å². The molecule has 1 aliphatic rings. The zero-order valence-corrected chi connectivity index (χ0v) is 12.5. The summed E-state index contributed by atoms with van der Waals surface area (Å²) in [6.07, 6.45) is 4.48. The Morgan fingerprint density at radius 3 is 2.36 bits per heavy atom. The molecule has 7 heteroatoms. The van der Waals surface area contributed by atoms with Crippen LogP contribution in [-0.2, 0) is 0 Å². The van der Waals surface area contributed by atoms with E-state index in [9.17, 15) is 4.79 Å². The molecule has 7 nitrogen and oxygen atoms in total. The Kier molecular flexibility index (Phi) is 5.35. The van der Waals surface area contributed by atoms with Gasteiger partial charge in [0, 0.05) is 18.7 Å². The molecule has 0 aromatic heterocycles. The van der Waals surface area contributed by atoms with Crippen LogP contribution in [0.5, 0.6) is 0 Å². The minimum Gasteiger partial charge on any atom is -0.370 e. The molecule has 0 atom stereocenters. The van der Waals surface area contributed by atoms with Crippen LogP contribution in [0.1, 0.15) is 36.0 Å². The Morgan fingerprint density at radius 1 is 1.05 bits per heavy atom. The number of nitrogens with two attached hydrogens (primary N) is 3. The molecule has 0 unspecified atom stereocenters. The highest BCUT2D eigenvalue weighted by Crippen LogP contribution is 2.18. The molecule has 1 saturated heterocycles. The zero-order valence-electron chi connectivity index (χ0n) is 12.5. The van der Waals surface area contributed by atoms with Gasteiger partial charge in [-0.1, -0.05) is 18.9 Å². The number of rotatable bonds is 2. The van der Waals surface area contributed by atoms with Gasteiger partial charge < -0.3 is 22.1 Å². The van der Waals surface area contributed by atoms with E-state index in [1.54, 1.807) is 24.3 Å².